The van der Waals surface area contributed by atoms with Crippen molar-refractivity contribution in [1.82, 2.24) is 4.98 Å². The van der Waals surface area contributed by atoms with Gasteiger partial charge in [0.25, 0.3) is 0 Å². The van der Waals surface area contributed by atoms with Crippen molar-refractivity contribution < 1.29 is 4.74 Å². The molecule has 1 saturated heterocycles. The van der Waals surface area contributed by atoms with Gasteiger partial charge in [0.15, 0.2) is 0 Å². The van der Waals surface area contributed by atoms with Gasteiger partial charge in [-0.1, -0.05) is 11.3 Å². The number of aromatic nitrogens is 1. The van der Waals surface area contributed by atoms with Crippen LogP contribution in [0.2, 0.25) is 0 Å². The van der Waals surface area contributed by atoms with Gasteiger partial charge in [-0.05, 0) is 12.8 Å². The van der Waals surface area contributed by atoms with E-state index in [4.69, 9.17) is 10.5 Å². The lowest BCUT2D eigenvalue weighted by molar-refractivity contribution is 0.0509. The van der Waals surface area contributed by atoms with Gasteiger partial charge >= 0.3 is 4.87 Å². The van der Waals surface area contributed by atoms with Crippen LogP contribution in [0.4, 0.5) is 0 Å². The van der Waals surface area contributed by atoms with Crippen LogP contribution in [-0.2, 0) is 10.3 Å². The molecule has 0 bridgehead atoms. The molecule has 5 heteroatoms. The standard InChI is InChI=1S/C8H12N2O2S/c9-8(1-3-12-4-2-8)6-5-13-7(11)10-6/h5H,1-4,9H2,(H,10,11). The topological polar surface area (TPSA) is 68.1 Å². The Morgan fingerprint density at radius 1 is 1.54 bits per heavy atom. The van der Waals surface area contributed by atoms with E-state index in [0.717, 1.165) is 29.9 Å². The number of nitrogens with one attached hydrogen (secondary N) is 1. The van der Waals surface area contributed by atoms with E-state index in [0.29, 0.717) is 13.2 Å². The number of thiazole rings is 1. The van der Waals surface area contributed by atoms with Gasteiger partial charge in [0, 0.05) is 24.3 Å². The SMILES string of the molecule is NC1(c2csc(=O)[nH]2)CCOCC1. The Kier molecular flexibility index (Phi) is 2.23. The van der Waals surface area contributed by atoms with Crippen LogP contribution < -0.4 is 10.6 Å². The summed E-state index contributed by atoms with van der Waals surface area (Å²) < 4.78 is 5.22. The van der Waals surface area contributed by atoms with E-state index in [-0.39, 0.29) is 10.4 Å². The van der Waals surface area contributed by atoms with Crippen LogP contribution in [0.5, 0.6) is 0 Å². The number of H-pyrrole nitrogens is 1. The highest BCUT2D eigenvalue weighted by atomic mass is 32.1. The van der Waals surface area contributed by atoms with Gasteiger partial charge in [-0.2, -0.15) is 0 Å². The second-order valence-electron chi connectivity index (χ2n) is 3.33. The summed E-state index contributed by atoms with van der Waals surface area (Å²) in [4.78, 5) is 13.7. The van der Waals surface area contributed by atoms with E-state index in [1.54, 1.807) is 0 Å². The fraction of sp³-hybridized carbons (Fsp3) is 0.625. The highest BCUT2D eigenvalue weighted by Crippen LogP contribution is 2.27. The molecule has 0 aromatic carbocycles. The molecule has 72 valence electrons. The van der Waals surface area contributed by atoms with E-state index >= 15 is 0 Å². The molecule has 1 aliphatic rings. The first-order chi connectivity index (χ1) is 6.21. The van der Waals surface area contributed by atoms with Crippen molar-refractivity contribution in [2.24, 2.45) is 5.73 Å². The van der Waals surface area contributed by atoms with Gasteiger partial charge in [0.1, 0.15) is 0 Å². The van der Waals surface area contributed by atoms with Crippen molar-refractivity contribution >= 4 is 11.3 Å². The molecular weight excluding hydrogens is 188 g/mol. The maximum absolute atomic E-state index is 11.0. The lowest BCUT2D eigenvalue weighted by Crippen LogP contribution is -2.42. The average molecular weight is 200 g/mol. The van der Waals surface area contributed by atoms with Crippen LogP contribution in [0.1, 0.15) is 18.5 Å². The number of ether oxygens (including phenoxy) is 1. The van der Waals surface area contributed by atoms with Crippen molar-refractivity contribution in [3.63, 3.8) is 0 Å². The van der Waals surface area contributed by atoms with E-state index in [2.05, 4.69) is 4.98 Å². The van der Waals surface area contributed by atoms with Crippen molar-refractivity contribution in [2.45, 2.75) is 18.4 Å². The van der Waals surface area contributed by atoms with Crippen LogP contribution in [0, 0.1) is 0 Å². The third-order valence-corrected chi connectivity index (χ3v) is 3.11. The maximum Gasteiger partial charge on any atom is 0.304 e. The monoisotopic (exact) mass is 200 g/mol. The molecule has 1 aliphatic heterocycles. The summed E-state index contributed by atoms with van der Waals surface area (Å²) in [6, 6.07) is 0. The largest absolute Gasteiger partial charge is 0.381 e. The predicted molar refractivity (Wildman–Crippen MR) is 50.9 cm³/mol. The quantitative estimate of drug-likeness (QED) is 0.689. The molecule has 4 nitrogen and oxygen atoms in total. The Morgan fingerprint density at radius 2 is 2.23 bits per heavy atom. The number of aromatic amines is 1. The summed E-state index contributed by atoms with van der Waals surface area (Å²) in [6.45, 7) is 1.35. The van der Waals surface area contributed by atoms with E-state index in [9.17, 15) is 4.79 Å². The minimum atomic E-state index is -0.378. The van der Waals surface area contributed by atoms with Gasteiger partial charge in [-0.15, -0.1) is 0 Å². The molecule has 0 saturated carbocycles. The minimum absolute atomic E-state index is 0.0358. The van der Waals surface area contributed by atoms with Crippen molar-refractivity contribution in [1.29, 1.82) is 0 Å². The van der Waals surface area contributed by atoms with Gasteiger partial charge in [0.05, 0.1) is 5.54 Å². The summed E-state index contributed by atoms with van der Waals surface area (Å²) >= 11 is 1.16. The average Bonchev–Trinajstić information content (AvgIpc) is 2.54. The molecule has 2 heterocycles. The molecule has 0 aliphatic carbocycles. The molecule has 0 radical (unpaired) electrons. The van der Waals surface area contributed by atoms with E-state index in [1.807, 2.05) is 5.38 Å². The first-order valence-corrected chi connectivity index (χ1v) is 5.14. The van der Waals surface area contributed by atoms with Crippen LogP contribution in [0.15, 0.2) is 10.2 Å². The molecule has 1 fully saturated rings. The molecule has 1 aromatic rings. The molecule has 0 spiro atoms. The van der Waals surface area contributed by atoms with Crippen molar-refractivity contribution in [3.05, 3.63) is 20.7 Å². The number of hydrogen-bond acceptors (Lipinski definition) is 4. The first kappa shape index (κ1) is 8.93. The first-order valence-electron chi connectivity index (χ1n) is 4.26. The zero-order chi connectivity index (χ0) is 9.31. The fourth-order valence-corrected chi connectivity index (χ4v) is 2.22. The summed E-state index contributed by atoms with van der Waals surface area (Å²) in [5, 5.41) is 1.81. The van der Waals surface area contributed by atoms with Gasteiger partial charge in [-0.3, -0.25) is 4.79 Å². The van der Waals surface area contributed by atoms with E-state index in [1.165, 1.54) is 0 Å². The number of rotatable bonds is 1. The summed E-state index contributed by atoms with van der Waals surface area (Å²) in [5.41, 5.74) is 6.63. The Hall–Kier alpha value is -0.650. The maximum atomic E-state index is 11.0. The lowest BCUT2D eigenvalue weighted by atomic mass is 9.89. The summed E-state index contributed by atoms with van der Waals surface area (Å²) in [5.74, 6) is 0. The summed E-state index contributed by atoms with van der Waals surface area (Å²) in [7, 11) is 0. The highest BCUT2D eigenvalue weighted by Gasteiger charge is 2.31. The normalized spacial score (nSPS) is 21.6. The van der Waals surface area contributed by atoms with Crippen molar-refractivity contribution in [2.75, 3.05) is 13.2 Å². The molecule has 0 amide bonds. The second kappa shape index (κ2) is 3.25. The minimum Gasteiger partial charge on any atom is -0.381 e. The fourth-order valence-electron chi connectivity index (χ4n) is 1.53. The van der Waals surface area contributed by atoms with E-state index < -0.39 is 0 Å². The number of hydrogen-bond donors (Lipinski definition) is 2. The molecule has 0 unspecified atom stereocenters. The molecule has 13 heavy (non-hydrogen) atoms. The summed E-state index contributed by atoms with van der Waals surface area (Å²) in [6.07, 6.45) is 1.55. The molecule has 3 N–H and O–H groups in total. The zero-order valence-electron chi connectivity index (χ0n) is 7.21. The van der Waals surface area contributed by atoms with Crippen LogP contribution in [0.3, 0.4) is 0 Å². The molecule has 0 atom stereocenters. The molecule has 2 rings (SSSR count). The molecule has 1 aromatic heterocycles. The second-order valence-corrected chi connectivity index (χ2v) is 4.17. The smallest absolute Gasteiger partial charge is 0.304 e. The number of nitrogens with two attached hydrogens (primary N) is 1. The van der Waals surface area contributed by atoms with Crippen LogP contribution in [-0.4, -0.2) is 18.2 Å². The van der Waals surface area contributed by atoms with Crippen LogP contribution in [0.25, 0.3) is 0 Å². The Balaban J connectivity index is 2.27. The third-order valence-electron chi connectivity index (χ3n) is 2.44. The lowest BCUT2D eigenvalue weighted by Gasteiger charge is -2.32. The predicted octanol–water partition coefficient (Wildman–Crippen LogP) is 0.401. The van der Waals surface area contributed by atoms with Gasteiger partial charge in [-0.25, -0.2) is 0 Å². The third kappa shape index (κ3) is 1.67. The Morgan fingerprint density at radius 3 is 2.77 bits per heavy atom. The highest BCUT2D eigenvalue weighted by molar-refractivity contribution is 7.07. The molecular formula is C8H12N2O2S. The van der Waals surface area contributed by atoms with Gasteiger partial charge in [0.2, 0.25) is 0 Å². The zero-order valence-corrected chi connectivity index (χ0v) is 8.02. The van der Waals surface area contributed by atoms with Gasteiger partial charge < -0.3 is 15.5 Å². The van der Waals surface area contributed by atoms with Crippen LogP contribution >= 0.6 is 11.3 Å². The Labute approximate surface area is 79.7 Å². The Bertz CT molecular complexity index is 338. The van der Waals surface area contributed by atoms with Crippen molar-refractivity contribution in [3.8, 4) is 0 Å².